The Balaban J connectivity index is 1.24. The maximum atomic E-state index is 11.9. The zero-order chi connectivity index (χ0) is 28.2. The monoisotopic (exact) mass is 640 g/mol. The first kappa shape index (κ1) is 27.0. The molecule has 9 nitrogen and oxygen atoms in total. The highest BCUT2D eigenvalue weighted by molar-refractivity contribution is 9.10. The summed E-state index contributed by atoms with van der Waals surface area (Å²) in [4.78, 5) is 30.5. The summed E-state index contributed by atoms with van der Waals surface area (Å²) in [5, 5.41) is 12.6. The van der Waals surface area contributed by atoms with E-state index in [-0.39, 0.29) is 12.1 Å². The van der Waals surface area contributed by atoms with Crippen LogP contribution in [-0.2, 0) is 13.0 Å². The van der Waals surface area contributed by atoms with Gasteiger partial charge in [0.15, 0.2) is 0 Å². The molecule has 1 aromatic heterocycles. The molecule has 3 saturated heterocycles. The molecule has 2 bridgehead atoms. The van der Waals surface area contributed by atoms with Gasteiger partial charge >= 0.3 is 12.1 Å². The van der Waals surface area contributed by atoms with Gasteiger partial charge in [-0.3, -0.25) is 4.90 Å². The fraction of sp³-hybridized carbons (Fsp3) is 0.500. The van der Waals surface area contributed by atoms with Crippen molar-refractivity contribution in [3.63, 3.8) is 0 Å². The third-order valence-electron chi connectivity index (χ3n) is 9.36. The van der Waals surface area contributed by atoms with E-state index in [1.165, 1.54) is 6.42 Å². The van der Waals surface area contributed by atoms with Gasteiger partial charge in [-0.25, -0.2) is 4.79 Å². The summed E-state index contributed by atoms with van der Waals surface area (Å²) < 4.78 is 7.31. The molecule has 3 aromatic rings. The summed E-state index contributed by atoms with van der Waals surface area (Å²) in [6.45, 7) is 4.36. The number of rotatable bonds is 5. The van der Waals surface area contributed by atoms with Gasteiger partial charge in [-0.2, -0.15) is 9.97 Å². The highest BCUT2D eigenvalue weighted by atomic mass is 79.9. The third kappa shape index (κ3) is 4.87. The number of hydrogen-bond acceptors (Lipinski definition) is 7. The molecule has 3 fully saturated rings. The molecule has 4 aliphatic rings. The normalized spacial score (nSPS) is 24.3. The van der Waals surface area contributed by atoms with E-state index in [1.54, 1.807) is 4.90 Å². The van der Waals surface area contributed by atoms with Gasteiger partial charge in [0.1, 0.15) is 12.4 Å². The van der Waals surface area contributed by atoms with Crippen LogP contribution in [0.15, 0.2) is 34.8 Å². The molecule has 0 saturated carbocycles. The summed E-state index contributed by atoms with van der Waals surface area (Å²) in [6.07, 6.45) is 4.04. The molecule has 2 aromatic carbocycles. The number of amides is 1. The van der Waals surface area contributed by atoms with Crippen LogP contribution in [0.2, 0.25) is 5.02 Å². The van der Waals surface area contributed by atoms with Crippen molar-refractivity contribution in [3.05, 3.63) is 51.1 Å². The van der Waals surface area contributed by atoms with Crippen molar-refractivity contribution in [1.82, 2.24) is 19.8 Å². The number of carboxylic acid groups (broad SMARTS) is 1. The molecule has 7 rings (SSSR count). The van der Waals surface area contributed by atoms with Crippen molar-refractivity contribution in [1.29, 1.82) is 0 Å². The molecule has 11 heteroatoms. The van der Waals surface area contributed by atoms with E-state index in [0.717, 1.165) is 81.8 Å². The average molecular weight is 642 g/mol. The Hall–Kier alpha value is -2.82. The van der Waals surface area contributed by atoms with Gasteiger partial charge in [0, 0.05) is 46.8 Å². The lowest BCUT2D eigenvalue weighted by Gasteiger charge is -2.41. The number of aromatic nitrogens is 2. The second-order valence-electron chi connectivity index (χ2n) is 11.7. The van der Waals surface area contributed by atoms with Crippen LogP contribution in [-0.4, -0.2) is 88.9 Å². The summed E-state index contributed by atoms with van der Waals surface area (Å²) in [5.41, 5.74) is 3.19. The van der Waals surface area contributed by atoms with Gasteiger partial charge in [-0.15, -0.1) is 0 Å². The van der Waals surface area contributed by atoms with Gasteiger partial charge in [-0.05, 0) is 69.3 Å². The molecular formula is C30H34BrClN6O3. The summed E-state index contributed by atoms with van der Waals surface area (Å²) >= 11 is 10.4. The first-order valence-corrected chi connectivity index (χ1v) is 15.6. The number of carbonyl (C=O) groups is 1. The minimum Gasteiger partial charge on any atom is -0.465 e. The van der Waals surface area contributed by atoms with E-state index in [1.807, 2.05) is 12.1 Å². The van der Waals surface area contributed by atoms with Crippen molar-refractivity contribution in [2.24, 2.45) is 0 Å². The Bertz CT molecular complexity index is 1490. The van der Waals surface area contributed by atoms with E-state index in [0.29, 0.717) is 38.3 Å². The van der Waals surface area contributed by atoms with Crippen LogP contribution < -0.4 is 14.5 Å². The largest absolute Gasteiger partial charge is 0.465 e. The molecule has 0 radical (unpaired) electrons. The minimum absolute atomic E-state index is 0.00951. The van der Waals surface area contributed by atoms with Crippen molar-refractivity contribution in [2.75, 3.05) is 49.6 Å². The number of likely N-dealkylation sites (N-methyl/N-ethyl adjacent to an activating group) is 1. The second-order valence-corrected chi connectivity index (χ2v) is 13.0. The van der Waals surface area contributed by atoms with Crippen LogP contribution >= 0.6 is 27.5 Å². The Morgan fingerprint density at radius 2 is 1.90 bits per heavy atom. The van der Waals surface area contributed by atoms with Crippen LogP contribution in [0.1, 0.15) is 36.9 Å². The lowest BCUT2D eigenvalue weighted by atomic mass is 10.0. The van der Waals surface area contributed by atoms with Gasteiger partial charge in [0.2, 0.25) is 0 Å². The SMILES string of the molecule is CN1CCC[C@H]1COc1nc2c(c(N3C[C@H]4CC[C@@H](C3)N4C(=O)O)n1)CCN(c1ccc(Br)c3cccc(Cl)c13)C2. The third-order valence-corrected chi connectivity index (χ3v) is 10.4. The number of anilines is 2. The first-order chi connectivity index (χ1) is 19.9. The molecule has 3 atom stereocenters. The molecule has 5 heterocycles. The van der Waals surface area contributed by atoms with Gasteiger partial charge in [0.05, 0.1) is 29.3 Å². The Labute approximate surface area is 253 Å². The smallest absolute Gasteiger partial charge is 0.407 e. The average Bonchev–Trinajstić information content (AvgIpc) is 3.50. The number of halogens is 2. The Kier molecular flexibility index (Phi) is 7.11. The topological polar surface area (TPSA) is 85.3 Å². The van der Waals surface area contributed by atoms with Crippen LogP contribution in [0.4, 0.5) is 16.3 Å². The number of fused-ring (bicyclic) bond motifs is 4. The predicted molar refractivity (Wildman–Crippen MR) is 163 cm³/mol. The lowest BCUT2D eigenvalue weighted by molar-refractivity contribution is 0.114. The first-order valence-electron chi connectivity index (χ1n) is 14.5. The molecule has 0 spiro atoms. The molecule has 0 aliphatic carbocycles. The van der Waals surface area contributed by atoms with E-state index >= 15 is 0 Å². The Morgan fingerprint density at radius 3 is 2.63 bits per heavy atom. The van der Waals surface area contributed by atoms with Crippen molar-refractivity contribution < 1.29 is 14.6 Å². The maximum absolute atomic E-state index is 11.9. The number of hydrogen-bond donors (Lipinski definition) is 1. The van der Waals surface area contributed by atoms with Crippen LogP contribution in [0.3, 0.4) is 0 Å². The molecule has 216 valence electrons. The quantitative estimate of drug-likeness (QED) is 0.396. The van der Waals surface area contributed by atoms with E-state index in [2.05, 4.69) is 55.9 Å². The van der Waals surface area contributed by atoms with E-state index in [4.69, 9.17) is 26.3 Å². The summed E-state index contributed by atoms with van der Waals surface area (Å²) in [6, 6.07) is 11.0. The molecule has 0 unspecified atom stereocenters. The van der Waals surface area contributed by atoms with Crippen LogP contribution in [0.5, 0.6) is 6.01 Å². The number of likely N-dealkylation sites (tertiary alicyclic amines) is 1. The van der Waals surface area contributed by atoms with E-state index < -0.39 is 6.09 Å². The molecule has 4 aliphatic heterocycles. The molecule has 41 heavy (non-hydrogen) atoms. The zero-order valence-electron chi connectivity index (χ0n) is 23.1. The van der Waals surface area contributed by atoms with Crippen molar-refractivity contribution in [3.8, 4) is 6.01 Å². The minimum atomic E-state index is -0.817. The van der Waals surface area contributed by atoms with Crippen LogP contribution in [0, 0.1) is 0 Å². The number of nitrogens with zero attached hydrogens (tertiary/aromatic N) is 6. The standard InChI is InChI=1S/C30H34BrClN6O3/c1-35-12-3-4-20(35)17-41-29-33-25-16-36(26-10-9-23(31)21-5-2-6-24(32)27(21)26)13-11-22(25)28(34-29)37-14-18-7-8-19(15-37)38(18)30(39)40/h2,5-6,9-10,18-20H,3-4,7-8,11-17H2,1H3,(H,39,40)/t18-,19+,20-/m0/s1. The highest BCUT2D eigenvalue weighted by Crippen LogP contribution is 2.40. The maximum Gasteiger partial charge on any atom is 0.407 e. The van der Waals surface area contributed by atoms with E-state index in [9.17, 15) is 9.90 Å². The van der Waals surface area contributed by atoms with Gasteiger partial charge < -0.3 is 24.5 Å². The highest BCUT2D eigenvalue weighted by Gasteiger charge is 2.44. The summed E-state index contributed by atoms with van der Waals surface area (Å²) in [5.74, 6) is 0.907. The molecule has 1 N–H and O–H groups in total. The van der Waals surface area contributed by atoms with Crippen molar-refractivity contribution >= 4 is 55.9 Å². The Morgan fingerprint density at radius 1 is 1.10 bits per heavy atom. The predicted octanol–water partition coefficient (Wildman–Crippen LogP) is 5.41. The number of ether oxygens (including phenoxy) is 1. The second kappa shape index (κ2) is 10.8. The summed E-state index contributed by atoms with van der Waals surface area (Å²) in [7, 11) is 2.14. The zero-order valence-corrected chi connectivity index (χ0v) is 25.4. The lowest BCUT2D eigenvalue weighted by Crippen LogP contribution is -2.56. The fourth-order valence-corrected chi connectivity index (χ4v) is 7.98. The fourth-order valence-electron chi connectivity index (χ4n) is 7.24. The number of piperazine rings is 1. The van der Waals surface area contributed by atoms with Gasteiger partial charge in [0.25, 0.3) is 0 Å². The molecule has 1 amide bonds. The van der Waals surface area contributed by atoms with Gasteiger partial charge in [-0.1, -0.05) is 39.7 Å². The van der Waals surface area contributed by atoms with Crippen molar-refractivity contribution in [2.45, 2.75) is 56.8 Å². The van der Waals surface area contributed by atoms with Crippen LogP contribution in [0.25, 0.3) is 10.8 Å². The number of benzene rings is 2. The molecular weight excluding hydrogens is 608 g/mol.